The van der Waals surface area contributed by atoms with Crippen molar-refractivity contribution in [1.82, 2.24) is 19.7 Å². The Bertz CT molecular complexity index is 1280. The Balaban J connectivity index is 1.96. The standard InChI is InChI=1S/C24H27N5O3S/c1-6-9-16-20-21(29(2)28-16)24(25-15-10-7-8-11-19(15)33)27-23(26-20)14-12-17(30-3)22(32-5)18(13-14)31-4/h7-8,10-13,33H,6,9H2,1-5H3,(H,25,26,27). The third kappa shape index (κ3) is 4.28. The Morgan fingerprint density at radius 2 is 1.70 bits per heavy atom. The number of anilines is 2. The minimum absolute atomic E-state index is 0.514. The average Bonchev–Trinajstić information content (AvgIpc) is 3.15. The molecule has 2 heterocycles. The molecule has 2 aromatic heterocycles. The highest BCUT2D eigenvalue weighted by Gasteiger charge is 2.21. The number of nitrogens with one attached hydrogen (secondary N) is 1. The van der Waals surface area contributed by atoms with E-state index in [0.717, 1.165) is 45.7 Å². The SMILES string of the molecule is CCCc1nn(C)c2c(Nc3ccccc3S)nc(-c3cc(OC)c(OC)c(OC)c3)nc12. The third-order valence-corrected chi connectivity index (χ3v) is 5.71. The van der Waals surface area contributed by atoms with Gasteiger partial charge in [0.25, 0.3) is 0 Å². The molecule has 0 bridgehead atoms. The van der Waals surface area contributed by atoms with Crippen LogP contribution in [0.3, 0.4) is 0 Å². The van der Waals surface area contributed by atoms with E-state index in [4.69, 9.17) is 29.3 Å². The number of thiol groups is 1. The van der Waals surface area contributed by atoms with E-state index in [2.05, 4.69) is 24.9 Å². The highest BCUT2D eigenvalue weighted by molar-refractivity contribution is 7.80. The Labute approximate surface area is 198 Å². The van der Waals surface area contributed by atoms with Crippen LogP contribution in [0.15, 0.2) is 41.3 Å². The van der Waals surface area contributed by atoms with E-state index >= 15 is 0 Å². The molecule has 9 heteroatoms. The maximum atomic E-state index is 5.53. The average molecular weight is 466 g/mol. The highest BCUT2D eigenvalue weighted by Crippen LogP contribution is 2.41. The molecule has 0 amide bonds. The smallest absolute Gasteiger partial charge is 0.203 e. The summed E-state index contributed by atoms with van der Waals surface area (Å²) in [6, 6.07) is 11.5. The van der Waals surface area contributed by atoms with Crippen molar-refractivity contribution >= 4 is 35.2 Å². The summed E-state index contributed by atoms with van der Waals surface area (Å²) in [5.41, 5.74) is 4.13. The highest BCUT2D eigenvalue weighted by atomic mass is 32.1. The molecule has 0 aliphatic carbocycles. The van der Waals surface area contributed by atoms with Gasteiger partial charge < -0.3 is 19.5 Å². The van der Waals surface area contributed by atoms with Crippen LogP contribution < -0.4 is 19.5 Å². The van der Waals surface area contributed by atoms with Gasteiger partial charge >= 0.3 is 0 Å². The van der Waals surface area contributed by atoms with E-state index in [1.54, 1.807) is 21.3 Å². The topological polar surface area (TPSA) is 83.3 Å². The number of methoxy groups -OCH3 is 3. The quantitative estimate of drug-likeness (QED) is 0.353. The normalized spacial score (nSPS) is 11.0. The van der Waals surface area contributed by atoms with Gasteiger partial charge in [-0.3, -0.25) is 4.68 Å². The molecule has 4 aromatic rings. The number of benzene rings is 2. The fourth-order valence-electron chi connectivity index (χ4n) is 3.78. The fourth-order valence-corrected chi connectivity index (χ4v) is 4.00. The lowest BCUT2D eigenvalue weighted by Crippen LogP contribution is -2.03. The fraction of sp³-hybridized carbons (Fsp3) is 0.292. The summed E-state index contributed by atoms with van der Waals surface area (Å²) in [6.07, 6.45) is 1.77. The van der Waals surface area contributed by atoms with Crippen LogP contribution >= 0.6 is 12.6 Å². The number of para-hydroxylation sites is 1. The van der Waals surface area contributed by atoms with Crippen LogP contribution in [0.1, 0.15) is 19.0 Å². The Hall–Kier alpha value is -3.46. The van der Waals surface area contributed by atoms with Crippen LogP contribution in [0.2, 0.25) is 0 Å². The molecular formula is C24H27N5O3S. The van der Waals surface area contributed by atoms with Crippen molar-refractivity contribution in [2.75, 3.05) is 26.6 Å². The summed E-state index contributed by atoms with van der Waals surface area (Å²) in [5.74, 6) is 2.74. The maximum Gasteiger partial charge on any atom is 0.203 e. The van der Waals surface area contributed by atoms with E-state index < -0.39 is 0 Å². The minimum Gasteiger partial charge on any atom is -0.493 e. The first-order valence-electron chi connectivity index (χ1n) is 10.6. The zero-order valence-corrected chi connectivity index (χ0v) is 20.2. The van der Waals surface area contributed by atoms with Crippen molar-refractivity contribution in [3.05, 3.63) is 42.1 Å². The molecule has 0 spiro atoms. The number of fused-ring (bicyclic) bond motifs is 1. The number of rotatable bonds is 8. The van der Waals surface area contributed by atoms with E-state index in [1.807, 2.05) is 48.1 Å². The van der Waals surface area contributed by atoms with Gasteiger partial charge in [0, 0.05) is 17.5 Å². The molecule has 8 nitrogen and oxygen atoms in total. The predicted molar refractivity (Wildman–Crippen MR) is 132 cm³/mol. The van der Waals surface area contributed by atoms with Gasteiger partial charge in [-0.15, -0.1) is 12.6 Å². The molecule has 0 aliphatic rings. The zero-order valence-electron chi connectivity index (χ0n) is 19.3. The largest absolute Gasteiger partial charge is 0.493 e. The van der Waals surface area contributed by atoms with Crippen LogP contribution in [-0.4, -0.2) is 41.1 Å². The molecular weight excluding hydrogens is 438 g/mol. The summed E-state index contributed by atoms with van der Waals surface area (Å²) in [5, 5.41) is 8.15. The Kier molecular flexibility index (Phi) is 6.60. The number of nitrogens with zero attached hydrogens (tertiary/aromatic N) is 4. The molecule has 172 valence electrons. The number of hydrogen-bond acceptors (Lipinski definition) is 8. The molecule has 1 N–H and O–H groups in total. The predicted octanol–water partition coefficient (Wildman–Crippen LogP) is 5.04. The van der Waals surface area contributed by atoms with Crippen molar-refractivity contribution < 1.29 is 14.2 Å². The first-order valence-corrected chi connectivity index (χ1v) is 11.0. The number of aromatic nitrogens is 4. The van der Waals surface area contributed by atoms with Gasteiger partial charge in [0.15, 0.2) is 23.1 Å². The second kappa shape index (κ2) is 9.58. The molecule has 2 aromatic carbocycles. The molecule has 0 saturated heterocycles. The van der Waals surface area contributed by atoms with E-state index in [-0.39, 0.29) is 0 Å². The van der Waals surface area contributed by atoms with Crippen LogP contribution in [0.4, 0.5) is 11.5 Å². The molecule has 4 rings (SSSR count). The van der Waals surface area contributed by atoms with Gasteiger partial charge in [0.05, 0.1) is 32.7 Å². The minimum atomic E-state index is 0.514. The lowest BCUT2D eigenvalue weighted by molar-refractivity contribution is 0.324. The molecule has 0 unspecified atom stereocenters. The van der Waals surface area contributed by atoms with Crippen LogP contribution in [-0.2, 0) is 13.5 Å². The van der Waals surface area contributed by atoms with E-state index in [1.165, 1.54) is 0 Å². The van der Waals surface area contributed by atoms with E-state index in [0.29, 0.717) is 28.9 Å². The van der Waals surface area contributed by atoms with Crippen molar-refractivity contribution in [3.8, 4) is 28.6 Å². The monoisotopic (exact) mass is 465 g/mol. The van der Waals surface area contributed by atoms with Gasteiger partial charge in [-0.1, -0.05) is 25.5 Å². The Morgan fingerprint density at radius 1 is 1.00 bits per heavy atom. The second-order valence-electron chi connectivity index (χ2n) is 7.47. The van der Waals surface area contributed by atoms with Crippen molar-refractivity contribution in [2.45, 2.75) is 24.7 Å². The third-order valence-electron chi connectivity index (χ3n) is 5.32. The van der Waals surface area contributed by atoms with Gasteiger partial charge in [-0.2, -0.15) is 5.10 Å². The van der Waals surface area contributed by atoms with Gasteiger partial charge in [-0.05, 0) is 30.7 Å². The lowest BCUT2D eigenvalue weighted by atomic mass is 10.1. The van der Waals surface area contributed by atoms with Gasteiger partial charge in [-0.25, -0.2) is 9.97 Å². The van der Waals surface area contributed by atoms with Crippen molar-refractivity contribution in [2.24, 2.45) is 7.05 Å². The van der Waals surface area contributed by atoms with Crippen molar-refractivity contribution in [3.63, 3.8) is 0 Å². The lowest BCUT2D eigenvalue weighted by Gasteiger charge is -2.15. The van der Waals surface area contributed by atoms with Crippen LogP contribution in [0.5, 0.6) is 17.2 Å². The summed E-state index contributed by atoms with van der Waals surface area (Å²) in [7, 11) is 6.65. The Morgan fingerprint density at radius 3 is 2.30 bits per heavy atom. The van der Waals surface area contributed by atoms with Crippen molar-refractivity contribution in [1.29, 1.82) is 0 Å². The molecule has 0 atom stereocenters. The van der Waals surface area contributed by atoms with Crippen LogP contribution in [0.25, 0.3) is 22.4 Å². The number of aryl methyl sites for hydroxylation is 2. The molecule has 0 fully saturated rings. The molecule has 0 saturated carbocycles. The first kappa shape index (κ1) is 22.7. The van der Waals surface area contributed by atoms with Crippen LogP contribution in [0, 0.1) is 0 Å². The summed E-state index contributed by atoms with van der Waals surface area (Å²) < 4.78 is 18.4. The summed E-state index contributed by atoms with van der Waals surface area (Å²) in [6.45, 7) is 2.12. The first-order chi connectivity index (χ1) is 16.0. The van der Waals surface area contributed by atoms with Gasteiger partial charge in [0.1, 0.15) is 11.0 Å². The van der Waals surface area contributed by atoms with E-state index in [9.17, 15) is 0 Å². The summed E-state index contributed by atoms with van der Waals surface area (Å²) in [4.78, 5) is 10.6. The number of ether oxygens (including phenoxy) is 3. The maximum absolute atomic E-state index is 5.53. The molecule has 33 heavy (non-hydrogen) atoms. The molecule has 0 aliphatic heterocycles. The number of hydrogen-bond donors (Lipinski definition) is 2. The molecule has 0 radical (unpaired) electrons. The van der Waals surface area contributed by atoms with Gasteiger partial charge in [0.2, 0.25) is 5.75 Å². The zero-order chi connectivity index (χ0) is 23.5. The summed E-state index contributed by atoms with van der Waals surface area (Å²) >= 11 is 4.58. The second-order valence-corrected chi connectivity index (χ2v) is 7.95.